The molecule has 1 aromatic rings. The molecule has 2 saturated heterocycles. The summed E-state index contributed by atoms with van der Waals surface area (Å²) in [5.41, 5.74) is 0.732. The second kappa shape index (κ2) is 6.73. The van der Waals surface area contributed by atoms with Crippen molar-refractivity contribution in [2.24, 2.45) is 0 Å². The van der Waals surface area contributed by atoms with E-state index in [4.69, 9.17) is 4.74 Å². The monoisotopic (exact) mass is 356 g/mol. The molecule has 0 saturated carbocycles. The Morgan fingerprint density at radius 1 is 1.52 bits per heavy atom. The van der Waals surface area contributed by atoms with E-state index in [2.05, 4.69) is 26.1 Å². The Morgan fingerprint density at radius 2 is 2.38 bits per heavy atom. The van der Waals surface area contributed by atoms with Gasteiger partial charge in [-0.25, -0.2) is 4.39 Å². The van der Waals surface area contributed by atoms with Crippen molar-refractivity contribution < 1.29 is 9.13 Å². The smallest absolute Gasteiger partial charge is 0.126 e. The van der Waals surface area contributed by atoms with Crippen molar-refractivity contribution >= 4 is 15.9 Å². The maximum Gasteiger partial charge on any atom is 0.126 e. The SMILES string of the molecule is CNC(Cc1cc(Br)ccc1F)C1CN2CCCC2CO1. The summed E-state index contributed by atoms with van der Waals surface area (Å²) in [4.78, 5) is 2.52. The van der Waals surface area contributed by atoms with E-state index in [1.807, 2.05) is 13.1 Å². The molecule has 5 heteroatoms. The van der Waals surface area contributed by atoms with Crippen LogP contribution < -0.4 is 5.32 Å². The molecule has 3 atom stereocenters. The van der Waals surface area contributed by atoms with Gasteiger partial charge in [-0.1, -0.05) is 15.9 Å². The molecular weight excluding hydrogens is 335 g/mol. The van der Waals surface area contributed by atoms with Crippen molar-refractivity contribution in [2.45, 2.75) is 37.5 Å². The van der Waals surface area contributed by atoms with Crippen molar-refractivity contribution in [3.8, 4) is 0 Å². The van der Waals surface area contributed by atoms with Crippen LogP contribution in [0.4, 0.5) is 4.39 Å². The minimum atomic E-state index is -0.145. The number of benzene rings is 1. The Labute approximate surface area is 134 Å². The van der Waals surface area contributed by atoms with E-state index in [-0.39, 0.29) is 18.0 Å². The van der Waals surface area contributed by atoms with Crippen LogP contribution in [-0.4, -0.2) is 49.8 Å². The first-order chi connectivity index (χ1) is 10.2. The number of hydrogen-bond acceptors (Lipinski definition) is 3. The molecule has 21 heavy (non-hydrogen) atoms. The average Bonchev–Trinajstić information content (AvgIpc) is 2.95. The number of hydrogen-bond donors (Lipinski definition) is 1. The molecule has 3 rings (SSSR count). The molecule has 0 bridgehead atoms. The van der Waals surface area contributed by atoms with E-state index >= 15 is 0 Å². The highest BCUT2D eigenvalue weighted by Gasteiger charge is 2.35. The number of rotatable bonds is 4. The molecule has 3 nitrogen and oxygen atoms in total. The van der Waals surface area contributed by atoms with E-state index in [0.29, 0.717) is 12.5 Å². The van der Waals surface area contributed by atoms with Gasteiger partial charge in [0.2, 0.25) is 0 Å². The third-order valence-electron chi connectivity index (χ3n) is 4.68. The van der Waals surface area contributed by atoms with Crippen LogP contribution in [0.15, 0.2) is 22.7 Å². The third kappa shape index (κ3) is 3.47. The first-order valence-electron chi connectivity index (χ1n) is 7.64. The lowest BCUT2D eigenvalue weighted by Gasteiger charge is -2.39. The first-order valence-corrected chi connectivity index (χ1v) is 8.43. The zero-order valence-corrected chi connectivity index (χ0v) is 13.9. The lowest BCUT2D eigenvalue weighted by molar-refractivity contribution is -0.0634. The van der Waals surface area contributed by atoms with Crippen LogP contribution >= 0.6 is 15.9 Å². The maximum absolute atomic E-state index is 13.9. The van der Waals surface area contributed by atoms with Gasteiger partial charge in [0.25, 0.3) is 0 Å². The van der Waals surface area contributed by atoms with Crippen LogP contribution in [0.1, 0.15) is 18.4 Å². The highest BCUT2D eigenvalue weighted by molar-refractivity contribution is 9.10. The van der Waals surface area contributed by atoms with Crippen LogP contribution in [0.5, 0.6) is 0 Å². The Morgan fingerprint density at radius 3 is 3.19 bits per heavy atom. The summed E-state index contributed by atoms with van der Waals surface area (Å²) in [6.07, 6.45) is 3.29. The third-order valence-corrected chi connectivity index (χ3v) is 5.18. The number of ether oxygens (including phenoxy) is 1. The summed E-state index contributed by atoms with van der Waals surface area (Å²) in [5, 5.41) is 3.31. The number of nitrogens with one attached hydrogen (secondary N) is 1. The van der Waals surface area contributed by atoms with Crippen molar-refractivity contribution in [3.05, 3.63) is 34.1 Å². The molecule has 0 spiro atoms. The number of nitrogens with zero attached hydrogens (tertiary/aromatic N) is 1. The minimum absolute atomic E-state index is 0.128. The second-order valence-corrected chi connectivity index (χ2v) is 6.91. The van der Waals surface area contributed by atoms with Crippen LogP contribution in [0.2, 0.25) is 0 Å². The topological polar surface area (TPSA) is 24.5 Å². The lowest BCUT2D eigenvalue weighted by atomic mass is 9.99. The van der Waals surface area contributed by atoms with Crippen LogP contribution in [0.25, 0.3) is 0 Å². The largest absolute Gasteiger partial charge is 0.374 e. The Kier molecular flexibility index (Phi) is 4.94. The summed E-state index contributed by atoms with van der Waals surface area (Å²) >= 11 is 3.41. The van der Waals surface area contributed by atoms with Gasteiger partial charge >= 0.3 is 0 Å². The van der Waals surface area contributed by atoms with Crippen LogP contribution in [-0.2, 0) is 11.2 Å². The number of fused-ring (bicyclic) bond motifs is 1. The van der Waals surface area contributed by atoms with Gasteiger partial charge in [0.1, 0.15) is 5.82 Å². The van der Waals surface area contributed by atoms with E-state index in [1.165, 1.54) is 25.5 Å². The second-order valence-electron chi connectivity index (χ2n) is 6.00. The molecular formula is C16H22BrFN2O. The Hall–Kier alpha value is -0.490. The summed E-state index contributed by atoms with van der Waals surface area (Å²) in [6, 6.07) is 5.85. The molecule has 2 fully saturated rings. The standard InChI is InChI=1S/C16H22BrFN2O/c1-19-15(8-11-7-12(17)4-5-14(11)18)16-9-20-6-2-3-13(20)10-21-16/h4-5,7,13,15-16,19H,2-3,6,8-10H2,1H3. The van der Waals surface area contributed by atoms with E-state index in [1.54, 1.807) is 6.07 Å². The number of halogens is 2. The molecule has 1 aromatic carbocycles. The molecule has 3 unspecified atom stereocenters. The van der Waals surface area contributed by atoms with Crippen molar-refractivity contribution in [1.29, 1.82) is 0 Å². The molecule has 0 aliphatic carbocycles. The summed E-state index contributed by atoms with van der Waals surface area (Å²) in [7, 11) is 1.93. The normalized spacial score (nSPS) is 27.6. The molecule has 1 N–H and O–H groups in total. The molecule has 0 aromatic heterocycles. The highest BCUT2D eigenvalue weighted by Crippen LogP contribution is 2.25. The number of likely N-dealkylation sites (N-methyl/N-ethyl adjacent to an activating group) is 1. The minimum Gasteiger partial charge on any atom is -0.374 e. The fourth-order valence-corrected chi connectivity index (χ4v) is 3.85. The van der Waals surface area contributed by atoms with Crippen LogP contribution in [0, 0.1) is 5.82 Å². The van der Waals surface area contributed by atoms with Crippen molar-refractivity contribution in [3.63, 3.8) is 0 Å². The van der Waals surface area contributed by atoms with Gasteiger partial charge in [0, 0.05) is 23.1 Å². The summed E-state index contributed by atoms with van der Waals surface area (Å²) in [5.74, 6) is -0.145. The molecule has 0 radical (unpaired) electrons. The van der Waals surface area contributed by atoms with Gasteiger partial charge in [-0.3, -0.25) is 4.90 Å². The van der Waals surface area contributed by atoms with Gasteiger partial charge in [-0.15, -0.1) is 0 Å². The zero-order chi connectivity index (χ0) is 14.8. The van der Waals surface area contributed by atoms with Gasteiger partial charge in [0.05, 0.1) is 12.7 Å². The van der Waals surface area contributed by atoms with Crippen molar-refractivity contribution in [1.82, 2.24) is 10.2 Å². The summed E-state index contributed by atoms with van der Waals surface area (Å²) in [6.45, 7) is 2.93. The Bertz CT molecular complexity index is 499. The van der Waals surface area contributed by atoms with E-state index < -0.39 is 0 Å². The van der Waals surface area contributed by atoms with E-state index in [0.717, 1.165) is 23.2 Å². The van der Waals surface area contributed by atoms with Gasteiger partial charge < -0.3 is 10.1 Å². The first kappa shape index (κ1) is 15.4. The number of morpholine rings is 1. The predicted molar refractivity (Wildman–Crippen MR) is 85.0 cm³/mol. The van der Waals surface area contributed by atoms with E-state index in [9.17, 15) is 4.39 Å². The fraction of sp³-hybridized carbons (Fsp3) is 0.625. The maximum atomic E-state index is 13.9. The summed E-state index contributed by atoms with van der Waals surface area (Å²) < 4.78 is 20.9. The fourth-order valence-electron chi connectivity index (χ4n) is 3.44. The molecule has 0 amide bonds. The average molecular weight is 357 g/mol. The zero-order valence-electron chi connectivity index (χ0n) is 12.3. The van der Waals surface area contributed by atoms with Gasteiger partial charge in [-0.05, 0) is 56.6 Å². The lowest BCUT2D eigenvalue weighted by Crippen LogP contribution is -2.54. The molecule has 2 aliphatic rings. The van der Waals surface area contributed by atoms with Crippen molar-refractivity contribution in [2.75, 3.05) is 26.7 Å². The molecule has 2 heterocycles. The predicted octanol–water partition coefficient (Wildman–Crippen LogP) is 2.58. The van der Waals surface area contributed by atoms with Gasteiger partial charge in [-0.2, -0.15) is 0 Å². The molecule has 116 valence electrons. The Balaban J connectivity index is 1.68. The van der Waals surface area contributed by atoms with Crippen LogP contribution in [0.3, 0.4) is 0 Å². The molecule has 2 aliphatic heterocycles. The highest BCUT2D eigenvalue weighted by atomic mass is 79.9. The van der Waals surface area contributed by atoms with Gasteiger partial charge in [0.15, 0.2) is 0 Å². The quantitative estimate of drug-likeness (QED) is 0.897.